The molecule has 0 heterocycles. The van der Waals surface area contributed by atoms with Crippen LogP contribution in [0.5, 0.6) is 0 Å². The van der Waals surface area contributed by atoms with E-state index in [1.54, 1.807) is 6.07 Å². The molecular weight excluding hydrogens is 194 g/mol. The third-order valence-electron chi connectivity index (χ3n) is 2.63. The molecule has 1 atom stereocenters. The second-order valence-electron chi connectivity index (χ2n) is 4.27. The lowest BCUT2D eigenvalue weighted by atomic mass is 9.85. The molecule has 0 amide bonds. The minimum absolute atomic E-state index is 0.742. The molecule has 1 aromatic rings. The third-order valence-corrected chi connectivity index (χ3v) is 2.63. The molecule has 0 aromatic heterocycles. The summed E-state index contributed by atoms with van der Waals surface area (Å²) in [5.41, 5.74) is 1.50. The monoisotopic (exact) mass is 217 g/mol. The highest BCUT2D eigenvalue weighted by Gasteiger charge is 2.13. The van der Waals surface area contributed by atoms with Gasteiger partial charge in [-0.05, 0) is 23.8 Å². The smallest absolute Gasteiger partial charge is 0.0587 e. The highest BCUT2D eigenvalue weighted by atomic mass is 14.2. The number of nitriles is 1. The van der Waals surface area contributed by atoms with Crippen LogP contribution in [0.15, 0.2) is 30.3 Å². The average molecular weight is 217 g/mol. The van der Waals surface area contributed by atoms with Crippen LogP contribution >= 0.6 is 0 Å². The van der Waals surface area contributed by atoms with Gasteiger partial charge in [-0.3, -0.25) is 0 Å². The minimum Gasteiger partial charge on any atom is -0.199 e. The SMILES string of the molecule is CC#N.CCCC(c1ccccc1)C(C)C. The Bertz CT molecular complexity index is 295. The molecule has 0 N–H and O–H groups in total. The molecule has 0 saturated heterocycles. The fourth-order valence-corrected chi connectivity index (χ4v) is 1.90. The molecule has 0 aliphatic heterocycles. The van der Waals surface area contributed by atoms with Gasteiger partial charge in [0.25, 0.3) is 0 Å². The fraction of sp³-hybridized carbons (Fsp3) is 0.533. The zero-order valence-electron chi connectivity index (χ0n) is 10.9. The van der Waals surface area contributed by atoms with E-state index < -0.39 is 0 Å². The summed E-state index contributed by atoms with van der Waals surface area (Å²) in [7, 11) is 0. The largest absolute Gasteiger partial charge is 0.199 e. The summed E-state index contributed by atoms with van der Waals surface area (Å²) in [6.45, 7) is 8.32. The van der Waals surface area contributed by atoms with Crippen LogP contribution in [0, 0.1) is 17.2 Å². The first kappa shape index (κ1) is 14.7. The van der Waals surface area contributed by atoms with Gasteiger partial charge in [-0.2, -0.15) is 5.26 Å². The van der Waals surface area contributed by atoms with Gasteiger partial charge in [-0.15, -0.1) is 0 Å². The van der Waals surface area contributed by atoms with Crippen LogP contribution in [0.4, 0.5) is 0 Å². The fourth-order valence-electron chi connectivity index (χ4n) is 1.90. The van der Waals surface area contributed by atoms with Crippen molar-refractivity contribution in [3.8, 4) is 6.07 Å². The lowest BCUT2D eigenvalue weighted by molar-refractivity contribution is 0.463. The maximum Gasteiger partial charge on any atom is 0.0587 e. The molecule has 0 bridgehead atoms. The van der Waals surface area contributed by atoms with Crippen molar-refractivity contribution in [1.82, 2.24) is 0 Å². The average Bonchev–Trinajstić information content (AvgIpc) is 2.28. The van der Waals surface area contributed by atoms with Crippen molar-refractivity contribution in [1.29, 1.82) is 5.26 Å². The minimum atomic E-state index is 0.742. The van der Waals surface area contributed by atoms with Gasteiger partial charge >= 0.3 is 0 Å². The van der Waals surface area contributed by atoms with E-state index >= 15 is 0 Å². The van der Waals surface area contributed by atoms with Crippen molar-refractivity contribution in [3.05, 3.63) is 35.9 Å². The first-order valence-electron chi connectivity index (χ1n) is 6.03. The lowest BCUT2D eigenvalue weighted by Crippen LogP contribution is -2.05. The third kappa shape index (κ3) is 5.56. The van der Waals surface area contributed by atoms with E-state index in [2.05, 4.69) is 51.1 Å². The number of rotatable bonds is 4. The van der Waals surface area contributed by atoms with Crippen molar-refractivity contribution >= 4 is 0 Å². The summed E-state index contributed by atoms with van der Waals surface area (Å²) >= 11 is 0. The second-order valence-corrected chi connectivity index (χ2v) is 4.27. The highest BCUT2D eigenvalue weighted by molar-refractivity contribution is 5.19. The molecule has 0 saturated carbocycles. The first-order chi connectivity index (χ1) is 7.67. The molecule has 16 heavy (non-hydrogen) atoms. The van der Waals surface area contributed by atoms with Gasteiger partial charge in [0.15, 0.2) is 0 Å². The molecular formula is C15H23N. The summed E-state index contributed by atoms with van der Waals surface area (Å²) in [5, 5.41) is 7.32. The Morgan fingerprint density at radius 2 is 1.69 bits per heavy atom. The Balaban J connectivity index is 0.000000673. The van der Waals surface area contributed by atoms with Gasteiger partial charge < -0.3 is 0 Å². The molecule has 0 spiro atoms. The van der Waals surface area contributed by atoms with Gasteiger partial charge in [0.2, 0.25) is 0 Å². The molecule has 0 aliphatic carbocycles. The van der Waals surface area contributed by atoms with Crippen molar-refractivity contribution < 1.29 is 0 Å². The maximum atomic E-state index is 7.32. The first-order valence-corrected chi connectivity index (χ1v) is 6.03. The van der Waals surface area contributed by atoms with Crippen LogP contribution in [-0.2, 0) is 0 Å². The molecule has 88 valence electrons. The number of nitrogens with zero attached hydrogens (tertiary/aromatic N) is 1. The normalized spacial score (nSPS) is 11.2. The lowest BCUT2D eigenvalue weighted by Gasteiger charge is -2.20. The highest BCUT2D eigenvalue weighted by Crippen LogP contribution is 2.28. The summed E-state index contributed by atoms with van der Waals surface area (Å²) in [5.74, 6) is 1.49. The second kappa shape index (κ2) is 8.97. The van der Waals surface area contributed by atoms with Crippen molar-refractivity contribution in [2.75, 3.05) is 0 Å². The molecule has 1 aromatic carbocycles. The maximum absolute atomic E-state index is 7.32. The van der Waals surface area contributed by atoms with Gasteiger partial charge in [0, 0.05) is 6.92 Å². The predicted octanol–water partition coefficient (Wildman–Crippen LogP) is 4.76. The zero-order chi connectivity index (χ0) is 12.4. The van der Waals surface area contributed by atoms with E-state index in [4.69, 9.17) is 5.26 Å². The molecule has 1 unspecified atom stereocenters. The zero-order valence-corrected chi connectivity index (χ0v) is 10.9. The van der Waals surface area contributed by atoms with Crippen LogP contribution in [0.1, 0.15) is 52.0 Å². The van der Waals surface area contributed by atoms with Crippen LogP contribution in [0.2, 0.25) is 0 Å². The van der Waals surface area contributed by atoms with E-state index in [0.717, 1.165) is 11.8 Å². The van der Waals surface area contributed by atoms with E-state index in [9.17, 15) is 0 Å². The summed E-state index contributed by atoms with van der Waals surface area (Å²) in [6.07, 6.45) is 2.58. The molecule has 1 heteroatoms. The predicted molar refractivity (Wildman–Crippen MR) is 70.2 cm³/mol. The van der Waals surface area contributed by atoms with E-state index in [1.807, 2.05) is 0 Å². The van der Waals surface area contributed by atoms with Crippen LogP contribution < -0.4 is 0 Å². The Morgan fingerprint density at radius 1 is 1.19 bits per heavy atom. The van der Waals surface area contributed by atoms with Gasteiger partial charge in [-0.25, -0.2) is 0 Å². The van der Waals surface area contributed by atoms with Gasteiger partial charge in [-0.1, -0.05) is 57.5 Å². The number of hydrogen-bond donors (Lipinski definition) is 0. The van der Waals surface area contributed by atoms with Crippen molar-refractivity contribution in [2.45, 2.75) is 46.5 Å². The molecule has 0 fully saturated rings. The van der Waals surface area contributed by atoms with Crippen LogP contribution in [0.3, 0.4) is 0 Å². The van der Waals surface area contributed by atoms with E-state index in [-0.39, 0.29) is 0 Å². The molecule has 0 radical (unpaired) electrons. The quantitative estimate of drug-likeness (QED) is 0.713. The standard InChI is InChI=1S/C13H20.C2H3N/c1-4-8-13(11(2)3)12-9-6-5-7-10-12;1-2-3/h5-7,9-11,13H,4,8H2,1-3H3;1H3. The van der Waals surface area contributed by atoms with E-state index in [1.165, 1.54) is 25.3 Å². The van der Waals surface area contributed by atoms with Crippen molar-refractivity contribution in [3.63, 3.8) is 0 Å². The van der Waals surface area contributed by atoms with Crippen LogP contribution in [-0.4, -0.2) is 0 Å². The Morgan fingerprint density at radius 3 is 2.06 bits per heavy atom. The summed E-state index contributed by atoms with van der Waals surface area (Å²) < 4.78 is 0. The van der Waals surface area contributed by atoms with E-state index in [0.29, 0.717) is 0 Å². The number of benzene rings is 1. The number of hydrogen-bond acceptors (Lipinski definition) is 1. The Hall–Kier alpha value is -1.29. The van der Waals surface area contributed by atoms with Crippen LogP contribution in [0.25, 0.3) is 0 Å². The van der Waals surface area contributed by atoms with Gasteiger partial charge in [0.1, 0.15) is 0 Å². The molecule has 0 aliphatic rings. The summed E-state index contributed by atoms with van der Waals surface area (Å²) in [4.78, 5) is 0. The Labute approximate surface area is 100 Å². The topological polar surface area (TPSA) is 23.8 Å². The Kier molecular flexibility index (Phi) is 8.25. The van der Waals surface area contributed by atoms with Gasteiger partial charge in [0.05, 0.1) is 6.07 Å². The molecule has 1 nitrogen and oxygen atoms in total. The van der Waals surface area contributed by atoms with Crippen molar-refractivity contribution in [2.24, 2.45) is 5.92 Å². The molecule has 1 rings (SSSR count). The summed E-state index contributed by atoms with van der Waals surface area (Å²) in [6, 6.07) is 12.6.